The second-order valence-corrected chi connectivity index (χ2v) is 8.90. The van der Waals surface area contributed by atoms with Crippen LogP contribution in [0, 0.1) is 5.82 Å². The molecule has 1 saturated heterocycles. The number of ether oxygens (including phenoxy) is 1. The minimum atomic E-state index is -0.613. The molecule has 31 heavy (non-hydrogen) atoms. The van der Waals surface area contributed by atoms with Gasteiger partial charge in [0.25, 0.3) is 0 Å². The van der Waals surface area contributed by atoms with Gasteiger partial charge in [-0.25, -0.2) is 14.2 Å². The lowest BCUT2D eigenvalue weighted by Crippen LogP contribution is -2.46. The Bertz CT molecular complexity index is 1000. The van der Waals surface area contributed by atoms with Crippen LogP contribution in [-0.2, 0) is 4.74 Å². The Balaban J connectivity index is 1.75. The molecule has 3 atom stereocenters. The van der Waals surface area contributed by atoms with E-state index < -0.39 is 5.60 Å². The molecule has 3 aromatic rings. The molecule has 0 bridgehead atoms. The molecule has 1 N–H and O–H groups in total. The zero-order chi connectivity index (χ0) is 22.0. The molecule has 3 unspecified atom stereocenters. The summed E-state index contributed by atoms with van der Waals surface area (Å²) in [5.41, 5.74) is 1.50. The summed E-state index contributed by atoms with van der Waals surface area (Å²) in [5.74, 6) is 0.518. The van der Waals surface area contributed by atoms with E-state index in [1.54, 1.807) is 41.8 Å². The number of amides is 1. The Morgan fingerprint density at radius 2 is 1.74 bits per heavy atom. The van der Waals surface area contributed by atoms with Crippen molar-refractivity contribution in [1.82, 2.24) is 19.9 Å². The number of likely N-dealkylation sites (tertiary alicyclic amines) is 1. The Hall–Kier alpha value is -3.22. The number of piperidine rings is 1. The first-order valence-corrected chi connectivity index (χ1v) is 10.5. The third-order valence-electron chi connectivity index (χ3n) is 5.63. The average Bonchev–Trinajstić information content (AvgIpc) is 3.28. The summed E-state index contributed by atoms with van der Waals surface area (Å²) in [5, 5.41) is 0. The average molecular weight is 423 g/mol. The van der Waals surface area contributed by atoms with Crippen LogP contribution in [0.25, 0.3) is 0 Å². The monoisotopic (exact) mass is 422 g/mol. The first kappa shape index (κ1) is 21.0. The molecule has 0 spiro atoms. The number of rotatable bonds is 3. The number of hydrogen-bond donors (Lipinski definition) is 1. The lowest BCUT2D eigenvalue weighted by Gasteiger charge is -2.44. The van der Waals surface area contributed by atoms with E-state index >= 15 is 0 Å². The number of hydrogen-bond acceptors (Lipinski definition) is 4. The van der Waals surface area contributed by atoms with Crippen LogP contribution in [-0.4, -0.2) is 38.1 Å². The fourth-order valence-electron chi connectivity index (χ4n) is 4.27. The van der Waals surface area contributed by atoms with Crippen LogP contribution >= 0.6 is 0 Å². The van der Waals surface area contributed by atoms with Gasteiger partial charge in [-0.15, -0.1) is 0 Å². The van der Waals surface area contributed by atoms with E-state index in [9.17, 15) is 9.18 Å². The molecule has 2 aromatic heterocycles. The number of imidazole rings is 1. The predicted octanol–water partition coefficient (Wildman–Crippen LogP) is 5.19. The third-order valence-corrected chi connectivity index (χ3v) is 5.63. The molecule has 1 aliphatic rings. The zero-order valence-electron chi connectivity index (χ0n) is 18.0. The molecule has 0 saturated carbocycles. The molecule has 7 heteroatoms. The summed E-state index contributed by atoms with van der Waals surface area (Å²) in [6, 6.07) is 10.3. The van der Waals surface area contributed by atoms with Gasteiger partial charge in [0.1, 0.15) is 17.2 Å². The quantitative estimate of drug-likeness (QED) is 0.630. The highest BCUT2D eigenvalue weighted by molar-refractivity contribution is 5.69. The number of carbonyl (C=O) groups excluding carboxylic acids is 1. The minimum absolute atomic E-state index is 0.0262. The van der Waals surface area contributed by atoms with Gasteiger partial charge >= 0.3 is 6.09 Å². The molecule has 6 nitrogen and oxygen atoms in total. The number of aromatic amines is 1. The molecule has 0 radical (unpaired) electrons. The molecule has 1 aromatic carbocycles. The fourth-order valence-corrected chi connectivity index (χ4v) is 4.27. The Labute approximate surface area is 181 Å². The smallest absolute Gasteiger partial charge is 0.410 e. The lowest BCUT2D eigenvalue weighted by molar-refractivity contribution is 0.00351. The van der Waals surface area contributed by atoms with Gasteiger partial charge in [0, 0.05) is 37.3 Å². The molecule has 1 aliphatic heterocycles. The van der Waals surface area contributed by atoms with Crippen LogP contribution < -0.4 is 0 Å². The van der Waals surface area contributed by atoms with Gasteiger partial charge in [-0.1, -0.05) is 12.1 Å². The van der Waals surface area contributed by atoms with Crippen molar-refractivity contribution in [3.05, 3.63) is 84.0 Å². The zero-order valence-corrected chi connectivity index (χ0v) is 18.0. The molecule has 1 amide bonds. The maximum absolute atomic E-state index is 13.6. The first-order chi connectivity index (χ1) is 14.8. The highest BCUT2D eigenvalue weighted by Gasteiger charge is 2.42. The number of carbonyl (C=O) groups is 1. The standard InChI is InChI=1S/C24H27FN4O2/c1-24(2,3)31-23(30)29-15-20(16-4-6-18(25)7-5-16)19(17-8-10-26-11-9-17)14-21(29)22-27-12-13-28-22/h4-13,19-21H,14-15H2,1-3H3,(H,27,28). The van der Waals surface area contributed by atoms with E-state index in [4.69, 9.17) is 4.74 Å². The largest absolute Gasteiger partial charge is 0.444 e. The van der Waals surface area contributed by atoms with E-state index in [-0.39, 0.29) is 29.8 Å². The van der Waals surface area contributed by atoms with Crippen LogP contribution in [0.5, 0.6) is 0 Å². The summed E-state index contributed by atoms with van der Waals surface area (Å²) < 4.78 is 19.3. The van der Waals surface area contributed by atoms with Crippen molar-refractivity contribution in [2.45, 2.75) is 50.7 Å². The van der Waals surface area contributed by atoms with E-state index in [2.05, 4.69) is 15.0 Å². The van der Waals surface area contributed by atoms with Crippen LogP contribution in [0.1, 0.15) is 62.0 Å². The van der Waals surface area contributed by atoms with Crippen molar-refractivity contribution in [3.8, 4) is 0 Å². The van der Waals surface area contributed by atoms with E-state index in [1.165, 1.54) is 12.1 Å². The number of halogens is 1. The molecule has 162 valence electrons. The van der Waals surface area contributed by atoms with Crippen molar-refractivity contribution in [2.24, 2.45) is 0 Å². The van der Waals surface area contributed by atoms with Gasteiger partial charge < -0.3 is 9.72 Å². The van der Waals surface area contributed by atoms with Crippen LogP contribution in [0.3, 0.4) is 0 Å². The summed E-state index contributed by atoms with van der Waals surface area (Å²) in [6.07, 6.45) is 7.28. The number of aromatic nitrogens is 3. The van der Waals surface area contributed by atoms with Gasteiger partial charge in [0.05, 0.1) is 6.04 Å². The number of nitrogens with zero attached hydrogens (tertiary/aromatic N) is 3. The summed E-state index contributed by atoms with van der Waals surface area (Å²) >= 11 is 0. The number of benzene rings is 1. The van der Waals surface area contributed by atoms with Gasteiger partial charge in [0.15, 0.2) is 0 Å². The Kier molecular flexibility index (Phi) is 5.76. The van der Waals surface area contributed by atoms with Crippen LogP contribution in [0.2, 0.25) is 0 Å². The molecule has 3 heterocycles. The molecular weight excluding hydrogens is 395 g/mol. The van der Waals surface area contributed by atoms with Crippen molar-refractivity contribution in [3.63, 3.8) is 0 Å². The number of nitrogens with one attached hydrogen (secondary N) is 1. The Morgan fingerprint density at radius 3 is 2.35 bits per heavy atom. The highest BCUT2D eigenvalue weighted by Crippen LogP contribution is 2.46. The predicted molar refractivity (Wildman–Crippen MR) is 115 cm³/mol. The normalized spacial score (nSPS) is 21.7. The molecular formula is C24H27FN4O2. The van der Waals surface area contributed by atoms with Gasteiger partial charge in [-0.05, 0) is 68.5 Å². The fraction of sp³-hybridized carbons (Fsp3) is 0.375. The highest BCUT2D eigenvalue weighted by atomic mass is 19.1. The Morgan fingerprint density at radius 1 is 1.06 bits per heavy atom. The minimum Gasteiger partial charge on any atom is -0.444 e. The SMILES string of the molecule is CC(C)(C)OC(=O)N1CC(c2ccc(F)cc2)C(c2ccncc2)CC1c1ncc[nH]1. The van der Waals surface area contributed by atoms with Crippen molar-refractivity contribution in [2.75, 3.05) is 6.54 Å². The molecule has 1 fully saturated rings. The maximum atomic E-state index is 13.6. The van der Waals surface area contributed by atoms with E-state index in [0.717, 1.165) is 17.0 Å². The maximum Gasteiger partial charge on any atom is 0.410 e. The van der Waals surface area contributed by atoms with Gasteiger partial charge in [-0.3, -0.25) is 9.88 Å². The van der Waals surface area contributed by atoms with Crippen LogP contribution in [0.4, 0.5) is 9.18 Å². The number of H-pyrrole nitrogens is 1. The van der Waals surface area contributed by atoms with Crippen molar-refractivity contribution >= 4 is 6.09 Å². The van der Waals surface area contributed by atoms with E-state index in [0.29, 0.717) is 13.0 Å². The second-order valence-electron chi connectivity index (χ2n) is 8.90. The summed E-state index contributed by atoms with van der Waals surface area (Å²) in [6.45, 7) is 5.99. The third kappa shape index (κ3) is 4.76. The number of pyridine rings is 1. The van der Waals surface area contributed by atoms with E-state index in [1.807, 2.05) is 32.9 Å². The van der Waals surface area contributed by atoms with Gasteiger partial charge in [-0.2, -0.15) is 0 Å². The van der Waals surface area contributed by atoms with Crippen molar-refractivity contribution < 1.29 is 13.9 Å². The summed E-state index contributed by atoms with van der Waals surface area (Å²) in [7, 11) is 0. The molecule has 4 rings (SSSR count). The summed E-state index contributed by atoms with van der Waals surface area (Å²) in [4.78, 5) is 26.7. The lowest BCUT2D eigenvalue weighted by atomic mass is 9.74. The van der Waals surface area contributed by atoms with Crippen molar-refractivity contribution in [1.29, 1.82) is 0 Å². The second kappa shape index (κ2) is 8.49. The van der Waals surface area contributed by atoms with Crippen LogP contribution in [0.15, 0.2) is 61.2 Å². The van der Waals surface area contributed by atoms with Gasteiger partial charge in [0.2, 0.25) is 0 Å². The topological polar surface area (TPSA) is 71.1 Å². The first-order valence-electron chi connectivity index (χ1n) is 10.5. The molecule has 0 aliphatic carbocycles.